The quantitative estimate of drug-likeness (QED) is 0.340. The molecule has 7 nitrogen and oxygen atoms in total. The summed E-state index contributed by atoms with van der Waals surface area (Å²) >= 11 is 0. The Balaban J connectivity index is 1.58. The van der Waals surface area contributed by atoms with Crippen molar-refractivity contribution in [3.63, 3.8) is 0 Å². The lowest BCUT2D eigenvalue weighted by molar-refractivity contribution is -0.511. The molecule has 3 N–H and O–H groups in total. The number of fused-ring (bicyclic) bond motifs is 3. The molecule has 0 aliphatic heterocycles. The molecule has 7 heteroatoms. The summed E-state index contributed by atoms with van der Waals surface area (Å²) in [7, 11) is 0. The summed E-state index contributed by atoms with van der Waals surface area (Å²) in [5, 5.41) is 8.45. The molecule has 0 unspecified atom stereocenters. The van der Waals surface area contributed by atoms with Gasteiger partial charge in [-0.25, -0.2) is 9.38 Å². The van der Waals surface area contributed by atoms with Crippen molar-refractivity contribution in [3.05, 3.63) is 109 Å². The van der Waals surface area contributed by atoms with Crippen LogP contribution in [0.15, 0.2) is 104 Å². The molecule has 0 bridgehead atoms. The second-order valence-electron chi connectivity index (χ2n) is 8.90. The third-order valence-corrected chi connectivity index (χ3v) is 6.40. The SMILES string of the molecule is CC(=O)Nc1ccc(-n2nc[n+]3ccc4nc(-c5ccc(CN)cc5)c(-c5ccccc5)cc4c23)cc1. The largest absolute Gasteiger partial charge is 0.326 e. The minimum atomic E-state index is -0.105. The van der Waals surface area contributed by atoms with Crippen LogP contribution >= 0.6 is 0 Å². The first-order valence-electron chi connectivity index (χ1n) is 12.1. The van der Waals surface area contributed by atoms with Crippen LogP contribution < -0.4 is 15.5 Å². The Hall–Kier alpha value is -4.88. The first-order chi connectivity index (χ1) is 18.1. The third kappa shape index (κ3) is 4.22. The molecule has 0 atom stereocenters. The van der Waals surface area contributed by atoms with Gasteiger partial charge in [0.25, 0.3) is 12.0 Å². The predicted molar refractivity (Wildman–Crippen MR) is 145 cm³/mol. The van der Waals surface area contributed by atoms with E-state index in [1.807, 2.05) is 63.8 Å². The maximum absolute atomic E-state index is 11.4. The van der Waals surface area contributed by atoms with Gasteiger partial charge in [0.1, 0.15) is 5.69 Å². The fourth-order valence-corrected chi connectivity index (χ4v) is 4.61. The number of hydrogen-bond donors (Lipinski definition) is 2. The molecule has 0 saturated carbocycles. The van der Waals surface area contributed by atoms with E-state index < -0.39 is 0 Å². The summed E-state index contributed by atoms with van der Waals surface area (Å²) in [6.07, 6.45) is 3.77. The highest BCUT2D eigenvalue weighted by Crippen LogP contribution is 2.34. The van der Waals surface area contributed by atoms with Gasteiger partial charge in [-0.05, 0) is 47.5 Å². The van der Waals surface area contributed by atoms with Crippen molar-refractivity contribution in [3.8, 4) is 28.1 Å². The van der Waals surface area contributed by atoms with Crippen LogP contribution in [-0.4, -0.2) is 20.7 Å². The molecule has 3 heterocycles. The zero-order valence-corrected chi connectivity index (χ0v) is 20.3. The van der Waals surface area contributed by atoms with Crippen molar-refractivity contribution in [2.24, 2.45) is 5.73 Å². The topological polar surface area (TPSA) is 89.9 Å². The van der Waals surface area contributed by atoms with Crippen LogP contribution in [0.2, 0.25) is 0 Å². The molecule has 3 aromatic heterocycles. The van der Waals surface area contributed by atoms with E-state index in [4.69, 9.17) is 10.7 Å². The molecule has 0 spiro atoms. The van der Waals surface area contributed by atoms with E-state index in [-0.39, 0.29) is 5.91 Å². The minimum absolute atomic E-state index is 0.105. The van der Waals surface area contributed by atoms with Crippen molar-refractivity contribution >= 4 is 28.1 Å². The fraction of sp³-hybridized carbons (Fsp3) is 0.0667. The molecular formula is C30H25N6O+. The number of aromatic nitrogens is 4. The number of benzene rings is 3. The van der Waals surface area contributed by atoms with E-state index in [0.717, 1.165) is 55.9 Å². The summed E-state index contributed by atoms with van der Waals surface area (Å²) in [6, 6.07) is 30.4. The molecule has 37 heavy (non-hydrogen) atoms. The Kier molecular flexibility index (Phi) is 5.67. The molecule has 0 saturated heterocycles. The maximum Gasteiger partial charge on any atom is 0.280 e. The van der Waals surface area contributed by atoms with Crippen LogP contribution in [0.3, 0.4) is 0 Å². The molecule has 1 amide bonds. The second-order valence-corrected chi connectivity index (χ2v) is 8.90. The average molecular weight is 486 g/mol. The number of amides is 1. The Morgan fingerprint density at radius 2 is 1.70 bits per heavy atom. The van der Waals surface area contributed by atoms with E-state index in [1.165, 1.54) is 6.92 Å². The van der Waals surface area contributed by atoms with Gasteiger partial charge in [-0.15, -0.1) is 0 Å². The number of anilines is 1. The van der Waals surface area contributed by atoms with Crippen molar-refractivity contribution in [1.82, 2.24) is 14.8 Å². The molecule has 3 aromatic carbocycles. The maximum atomic E-state index is 11.4. The van der Waals surface area contributed by atoms with E-state index in [2.05, 4.69) is 52.9 Å². The van der Waals surface area contributed by atoms with Gasteiger partial charge in [0.2, 0.25) is 5.91 Å². The van der Waals surface area contributed by atoms with Crippen molar-refractivity contribution in [2.75, 3.05) is 5.32 Å². The average Bonchev–Trinajstić information content (AvgIpc) is 3.38. The lowest BCUT2D eigenvalue weighted by Crippen LogP contribution is -2.19. The number of carbonyl (C=O) groups is 1. The highest BCUT2D eigenvalue weighted by molar-refractivity contribution is 5.97. The molecule has 0 fully saturated rings. The van der Waals surface area contributed by atoms with E-state index in [0.29, 0.717) is 6.54 Å². The van der Waals surface area contributed by atoms with Gasteiger partial charge >= 0.3 is 0 Å². The zero-order chi connectivity index (χ0) is 25.4. The summed E-state index contributed by atoms with van der Waals surface area (Å²) in [4.78, 5) is 16.6. The van der Waals surface area contributed by atoms with Crippen LogP contribution in [0.4, 0.5) is 5.69 Å². The number of rotatable bonds is 5. The first kappa shape index (κ1) is 22.6. The molecule has 0 aliphatic rings. The number of nitrogens with two attached hydrogens (primary N) is 1. The van der Waals surface area contributed by atoms with Gasteiger partial charge < -0.3 is 11.1 Å². The molecule has 180 valence electrons. The Morgan fingerprint density at radius 3 is 2.41 bits per heavy atom. The van der Waals surface area contributed by atoms with Crippen molar-refractivity contribution in [2.45, 2.75) is 13.5 Å². The lowest BCUT2D eigenvalue weighted by Gasteiger charge is -2.12. The molecular weight excluding hydrogens is 460 g/mol. The second kappa shape index (κ2) is 9.29. The molecule has 0 radical (unpaired) electrons. The number of pyridine rings is 2. The summed E-state index contributed by atoms with van der Waals surface area (Å²) in [5.41, 5.74) is 14.4. The predicted octanol–water partition coefficient (Wildman–Crippen LogP) is 4.91. The van der Waals surface area contributed by atoms with Gasteiger partial charge in [-0.2, -0.15) is 0 Å². The Morgan fingerprint density at radius 1 is 0.946 bits per heavy atom. The van der Waals surface area contributed by atoms with Crippen molar-refractivity contribution in [1.29, 1.82) is 0 Å². The monoisotopic (exact) mass is 485 g/mol. The van der Waals surface area contributed by atoms with Crippen LogP contribution in [0.1, 0.15) is 12.5 Å². The van der Waals surface area contributed by atoms with E-state index in [9.17, 15) is 4.79 Å². The number of carbonyl (C=O) groups excluding carboxylic acids is 1. The van der Waals surface area contributed by atoms with Gasteiger partial charge in [-0.1, -0.05) is 59.3 Å². The zero-order valence-electron chi connectivity index (χ0n) is 20.3. The van der Waals surface area contributed by atoms with Gasteiger partial charge in [0.05, 0.1) is 22.8 Å². The van der Waals surface area contributed by atoms with E-state index >= 15 is 0 Å². The standard InChI is InChI=1S/C30H24N6O/c1-20(37)33-24-11-13-25(14-12-24)36-30-27-17-26(22-5-3-2-4-6-22)29(23-9-7-21(18-31)8-10-23)34-28(27)15-16-35(30)19-32-36/h2-17,19H,18,31H2,1H3/p+1. The van der Waals surface area contributed by atoms with Gasteiger partial charge in [-0.3, -0.25) is 4.79 Å². The van der Waals surface area contributed by atoms with Gasteiger partial charge in [0, 0.05) is 35.4 Å². The minimum Gasteiger partial charge on any atom is -0.326 e. The normalized spacial score (nSPS) is 11.2. The Bertz CT molecular complexity index is 1740. The Labute approximate surface area is 213 Å². The summed E-state index contributed by atoms with van der Waals surface area (Å²) in [5.74, 6) is -0.105. The highest BCUT2D eigenvalue weighted by Gasteiger charge is 2.20. The number of nitrogens with zero attached hydrogens (tertiary/aromatic N) is 4. The van der Waals surface area contributed by atoms with Crippen molar-refractivity contribution < 1.29 is 9.20 Å². The molecule has 0 aliphatic carbocycles. The molecule has 6 aromatic rings. The third-order valence-electron chi connectivity index (χ3n) is 6.40. The summed E-state index contributed by atoms with van der Waals surface area (Å²) in [6.45, 7) is 2.00. The van der Waals surface area contributed by atoms with Crippen LogP contribution in [0.25, 0.3) is 44.6 Å². The van der Waals surface area contributed by atoms with Crippen LogP contribution in [-0.2, 0) is 11.3 Å². The van der Waals surface area contributed by atoms with Gasteiger partial charge in [0.15, 0.2) is 0 Å². The van der Waals surface area contributed by atoms with Crippen LogP contribution in [0, 0.1) is 0 Å². The first-order valence-corrected chi connectivity index (χ1v) is 12.1. The lowest BCUT2D eigenvalue weighted by atomic mass is 9.97. The molecule has 6 rings (SSSR count). The summed E-state index contributed by atoms with van der Waals surface area (Å²) < 4.78 is 3.89. The van der Waals surface area contributed by atoms with Crippen LogP contribution in [0.5, 0.6) is 0 Å². The number of hydrogen-bond acceptors (Lipinski definition) is 4. The fourth-order valence-electron chi connectivity index (χ4n) is 4.61. The number of nitrogens with one attached hydrogen (secondary N) is 1. The smallest absolute Gasteiger partial charge is 0.280 e. The highest BCUT2D eigenvalue weighted by atomic mass is 16.1. The van der Waals surface area contributed by atoms with E-state index in [1.54, 1.807) is 6.33 Å².